The first-order chi connectivity index (χ1) is 13.1. The number of carbonyl (C=O) groups is 2. The molecule has 1 saturated heterocycles. The van der Waals surface area contributed by atoms with Gasteiger partial charge in [0, 0.05) is 19.0 Å². The molecule has 27 heavy (non-hydrogen) atoms. The molecule has 7 nitrogen and oxygen atoms in total. The molecule has 2 heterocycles. The van der Waals surface area contributed by atoms with E-state index >= 15 is 0 Å². The number of nitrogens with one attached hydrogen (secondary N) is 1. The minimum atomic E-state index is -0.539. The molecule has 2 aliphatic rings. The summed E-state index contributed by atoms with van der Waals surface area (Å²) in [4.78, 5) is 27.4. The third-order valence-electron chi connectivity index (χ3n) is 5.16. The van der Waals surface area contributed by atoms with E-state index in [0.29, 0.717) is 12.6 Å². The van der Waals surface area contributed by atoms with Crippen molar-refractivity contribution in [2.75, 3.05) is 31.3 Å². The summed E-state index contributed by atoms with van der Waals surface area (Å²) in [6.07, 6.45) is 2.53. The van der Waals surface area contributed by atoms with Crippen LogP contribution in [0.2, 0.25) is 0 Å². The van der Waals surface area contributed by atoms with Crippen LogP contribution in [-0.4, -0.2) is 60.8 Å². The number of ether oxygens (including phenoxy) is 1. The van der Waals surface area contributed by atoms with Crippen LogP contribution in [0.15, 0.2) is 35.4 Å². The third kappa shape index (κ3) is 4.47. The summed E-state index contributed by atoms with van der Waals surface area (Å²) in [6, 6.07) is 9.30. The zero-order chi connectivity index (χ0) is 19.2. The molecule has 7 heteroatoms. The van der Waals surface area contributed by atoms with Crippen LogP contribution in [0, 0.1) is 0 Å². The average Bonchev–Trinajstić information content (AvgIpc) is 3.34. The van der Waals surface area contributed by atoms with E-state index in [1.54, 1.807) is 11.9 Å². The molecule has 0 aliphatic carbocycles. The molecule has 1 N–H and O–H groups in total. The smallest absolute Gasteiger partial charge is 0.354 e. The molecule has 0 radical (unpaired) electrons. The lowest BCUT2D eigenvalue weighted by Gasteiger charge is -2.26. The van der Waals surface area contributed by atoms with Crippen molar-refractivity contribution in [3.05, 3.63) is 30.3 Å². The van der Waals surface area contributed by atoms with Crippen molar-refractivity contribution < 1.29 is 14.3 Å². The van der Waals surface area contributed by atoms with E-state index < -0.39 is 12.0 Å². The second-order valence-corrected chi connectivity index (χ2v) is 6.84. The topological polar surface area (TPSA) is 74.2 Å². The van der Waals surface area contributed by atoms with Gasteiger partial charge in [0.25, 0.3) is 0 Å². The van der Waals surface area contributed by atoms with Crippen LogP contribution in [-0.2, 0) is 14.3 Å². The van der Waals surface area contributed by atoms with Crippen LogP contribution in [0.25, 0.3) is 0 Å². The van der Waals surface area contributed by atoms with Crippen molar-refractivity contribution in [1.29, 1.82) is 0 Å². The fraction of sp³-hybridized carbons (Fsp3) is 0.550. The van der Waals surface area contributed by atoms with Crippen molar-refractivity contribution in [3.63, 3.8) is 0 Å². The second-order valence-electron chi connectivity index (χ2n) is 6.84. The predicted molar refractivity (Wildman–Crippen MR) is 105 cm³/mol. The van der Waals surface area contributed by atoms with E-state index in [1.807, 2.05) is 30.3 Å². The van der Waals surface area contributed by atoms with Gasteiger partial charge in [0.05, 0.1) is 12.3 Å². The maximum Gasteiger partial charge on any atom is 0.354 e. The van der Waals surface area contributed by atoms with Crippen LogP contribution in [0.1, 0.15) is 33.1 Å². The molecule has 0 spiro atoms. The molecule has 2 unspecified atom stereocenters. The standard InChI is InChI=1S/C20H28N4O3/c1-3-23-12-8-11-16(23)14-21-19(25)18-13-17(20(26)27-4-2)22-24(18)15-9-6-5-7-10-15/h5-7,9-10,16,18H,3-4,8,11-14H2,1-2H3,(H,21,25). The summed E-state index contributed by atoms with van der Waals surface area (Å²) in [5.41, 5.74) is 1.07. The van der Waals surface area contributed by atoms with Crippen molar-refractivity contribution in [2.24, 2.45) is 5.10 Å². The number of anilines is 1. The first kappa shape index (κ1) is 19.4. The lowest BCUT2D eigenvalue weighted by Crippen LogP contribution is -2.47. The van der Waals surface area contributed by atoms with Gasteiger partial charge >= 0.3 is 5.97 Å². The molecule has 0 saturated carbocycles. The van der Waals surface area contributed by atoms with Crippen molar-refractivity contribution in [3.8, 4) is 0 Å². The number of hydrazone groups is 1. The summed E-state index contributed by atoms with van der Waals surface area (Å²) >= 11 is 0. The van der Waals surface area contributed by atoms with Gasteiger partial charge in [0.15, 0.2) is 0 Å². The zero-order valence-corrected chi connectivity index (χ0v) is 16.1. The molecule has 1 aromatic carbocycles. The van der Waals surface area contributed by atoms with Crippen LogP contribution in [0.4, 0.5) is 5.69 Å². The predicted octanol–water partition coefficient (Wildman–Crippen LogP) is 1.78. The maximum absolute atomic E-state index is 12.9. The SMILES string of the molecule is CCOC(=O)C1=NN(c2ccccc2)C(C(=O)NCC2CCCN2CC)C1. The minimum Gasteiger partial charge on any atom is -0.461 e. The van der Waals surface area contributed by atoms with Gasteiger partial charge in [-0.3, -0.25) is 14.7 Å². The molecule has 2 atom stereocenters. The van der Waals surface area contributed by atoms with Crippen molar-refractivity contribution >= 4 is 23.3 Å². The first-order valence-corrected chi connectivity index (χ1v) is 9.74. The van der Waals surface area contributed by atoms with Crippen LogP contribution in [0.3, 0.4) is 0 Å². The number of para-hydroxylation sites is 1. The highest BCUT2D eigenvalue weighted by molar-refractivity contribution is 6.38. The van der Waals surface area contributed by atoms with Gasteiger partial charge in [-0.15, -0.1) is 0 Å². The molecular weight excluding hydrogens is 344 g/mol. The molecule has 3 rings (SSSR count). The number of benzene rings is 1. The highest BCUT2D eigenvalue weighted by Crippen LogP contribution is 2.25. The van der Waals surface area contributed by atoms with Crippen LogP contribution in [0.5, 0.6) is 0 Å². The summed E-state index contributed by atoms with van der Waals surface area (Å²) in [6.45, 7) is 6.90. The summed E-state index contributed by atoms with van der Waals surface area (Å²) < 4.78 is 5.07. The van der Waals surface area contributed by atoms with Gasteiger partial charge in [0.2, 0.25) is 5.91 Å². The fourth-order valence-electron chi connectivity index (χ4n) is 3.75. The van der Waals surface area contributed by atoms with E-state index in [-0.39, 0.29) is 24.6 Å². The van der Waals surface area contributed by atoms with E-state index in [9.17, 15) is 9.59 Å². The Bertz CT molecular complexity index is 692. The summed E-state index contributed by atoms with van der Waals surface area (Å²) in [5, 5.41) is 9.10. The molecule has 2 aliphatic heterocycles. The largest absolute Gasteiger partial charge is 0.461 e. The highest BCUT2D eigenvalue weighted by Gasteiger charge is 2.37. The van der Waals surface area contributed by atoms with Crippen LogP contribution < -0.4 is 10.3 Å². The van der Waals surface area contributed by atoms with Crippen molar-refractivity contribution in [2.45, 2.75) is 45.2 Å². The average molecular weight is 372 g/mol. The number of esters is 1. The first-order valence-electron chi connectivity index (χ1n) is 9.74. The molecule has 1 fully saturated rings. The normalized spacial score (nSPS) is 22.6. The zero-order valence-electron chi connectivity index (χ0n) is 16.1. The van der Waals surface area contributed by atoms with E-state index in [2.05, 4.69) is 22.2 Å². The maximum atomic E-state index is 12.9. The quantitative estimate of drug-likeness (QED) is 0.739. The van der Waals surface area contributed by atoms with Gasteiger partial charge in [-0.1, -0.05) is 25.1 Å². The number of likely N-dealkylation sites (N-methyl/N-ethyl adjacent to an activating group) is 1. The van der Waals surface area contributed by atoms with Crippen molar-refractivity contribution in [1.82, 2.24) is 10.2 Å². The summed E-state index contributed by atoms with van der Waals surface area (Å²) in [7, 11) is 0. The van der Waals surface area contributed by atoms with Gasteiger partial charge in [-0.05, 0) is 45.0 Å². The number of hydrogen-bond acceptors (Lipinski definition) is 6. The number of nitrogens with zero attached hydrogens (tertiary/aromatic N) is 3. The molecule has 0 bridgehead atoms. The van der Waals surface area contributed by atoms with E-state index in [4.69, 9.17) is 4.74 Å². The Hall–Kier alpha value is -2.41. The Morgan fingerprint density at radius 2 is 2.04 bits per heavy atom. The number of hydrogen-bond donors (Lipinski definition) is 1. The monoisotopic (exact) mass is 372 g/mol. The highest BCUT2D eigenvalue weighted by atomic mass is 16.5. The van der Waals surface area contributed by atoms with E-state index in [0.717, 1.165) is 25.2 Å². The lowest BCUT2D eigenvalue weighted by atomic mass is 10.1. The Balaban J connectivity index is 1.70. The van der Waals surface area contributed by atoms with Gasteiger partial charge < -0.3 is 10.1 Å². The Morgan fingerprint density at radius 1 is 1.26 bits per heavy atom. The summed E-state index contributed by atoms with van der Waals surface area (Å²) in [5.74, 6) is -0.563. The minimum absolute atomic E-state index is 0.107. The lowest BCUT2D eigenvalue weighted by molar-refractivity contribution is -0.135. The third-order valence-corrected chi connectivity index (χ3v) is 5.16. The van der Waals surface area contributed by atoms with Crippen LogP contribution >= 0.6 is 0 Å². The Morgan fingerprint density at radius 3 is 2.74 bits per heavy atom. The molecule has 0 aromatic heterocycles. The molecule has 1 amide bonds. The van der Waals surface area contributed by atoms with Gasteiger partial charge in [-0.2, -0.15) is 5.10 Å². The Kier molecular flexibility index (Phi) is 6.45. The number of carbonyl (C=O) groups excluding carboxylic acids is 2. The van der Waals surface area contributed by atoms with Gasteiger partial charge in [-0.25, -0.2) is 4.79 Å². The number of amides is 1. The number of likely N-dealkylation sites (tertiary alicyclic amines) is 1. The molecular formula is C20H28N4O3. The molecule has 146 valence electrons. The molecule has 1 aromatic rings. The van der Waals surface area contributed by atoms with Gasteiger partial charge in [0.1, 0.15) is 11.8 Å². The number of rotatable bonds is 7. The van der Waals surface area contributed by atoms with E-state index in [1.165, 1.54) is 6.42 Å². The Labute approximate surface area is 160 Å². The fourth-order valence-corrected chi connectivity index (χ4v) is 3.75. The second kappa shape index (κ2) is 8.99.